The lowest BCUT2D eigenvalue weighted by Gasteiger charge is -2.07. The molecule has 1 heterocycles. The summed E-state index contributed by atoms with van der Waals surface area (Å²) in [6.45, 7) is 2.02. The van der Waals surface area contributed by atoms with E-state index in [0.717, 1.165) is 16.9 Å². The predicted octanol–water partition coefficient (Wildman–Crippen LogP) is 5.02. The molecule has 4 nitrogen and oxygen atoms in total. The van der Waals surface area contributed by atoms with Gasteiger partial charge in [0.25, 0.3) is 0 Å². The van der Waals surface area contributed by atoms with Crippen molar-refractivity contribution in [2.75, 3.05) is 0 Å². The van der Waals surface area contributed by atoms with Crippen LogP contribution in [0.3, 0.4) is 0 Å². The Morgan fingerprint density at radius 3 is 2.46 bits per heavy atom. The number of Topliss-reactive ketones (excluding diaryl/α,β-unsaturated/α-hetero) is 1. The van der Waals surface area contributed by atoms with E-state index in [1.807, 2.05) is 54.6 Å². The Kier molecular flexibility index (Phi) is 5.11. The Morgan fingerprint density at radius 1 is 1.12 bits per heavy atom. The largest absolute Gasteiger partial charge is 0.489 e. The van der Waals surface area contributed by atoms with Crippen molar-refractivity contribution in [3.8, 4) is 17.1 Å². The number of ether oxygens (including phenoxy) is 1. The molecule has 2 aromatic carbocycles. The van der Waals surface area contributed by atoms with E-state index in [0.29, 0.717) is 29.0 Å². The second kappa shape index (κ2) is 7.45. The Balaban J connectivity index is 1.78. The number of nitrogens with zero attached hydrogens (tertiary/aromatic N) is 1. The third-order valence-corrected chi connectivity index (χ3v) is 4.14. The molecule has 122 valence electrons. The van der Waals surface area contributed by atoms with E-state index in [1.54, 1.807) is 0 Å². The number of hydrogen-bond donors (Lipinski definition) is 0. The maximum atomic E-state index is 11.9. The van der Waals surface area contributed by atoms with E-state index in [1.165, 1.54) is 6.92 Å². The average Bonchev–Trinajstić information content (AvgIpc) is 3.06. The summed E-state index contributed by atoms with van der Waals surface area (Å²) in [5.41, 5.74) is 3.04. The Bertz CT molecular complexity index is 826. The van der Waals surface area contributed by atoms with Crippen LogP contribution in [0, 0.1) is 0 Å². The number of halogens is 1. The first-order valence-corrected chi connectivity index (χ1v) is 8.64. The Morgan fingerprint density at radius 2 is 1.83 bits per heavy atom. The highest BCUT2D eigenvalue weighted by Crippen LogP contribution is 2.29. The van der Waals surface area contributed by atoms with Gasteiger partial charge in [0.2, 0.25) is 0 Å². The standard InChI is InChI=1S/C19H16BrNO3/c1-13(22)18-17(11-20)21-24-19(18)15-7-9-16(10-8-15)23-12-14-5-3-2-4-6-14/h2-10H,11-12H2,1H3. The zero-order chi connectivity index (χ0) is 16.9. The van der Waals surface area contributed by atoms with Crippen molar-refractivity contribution in [2.24, 2.45) is 0 Å². The van der Waals surface area contributed by atoms with Crippen molar-refractivity contribution in [3.63, 3.8) is 0 Å². The van der Waals surface area contributed by atoms with Gasteiger partial charge in [0.1, 0.15) is 18.1 Å². The molecule has 0 unspecified atom stereocenters. The molecular weight excluding hydrogens is 370 g/mol. The quantitative estimate of drug-likeness (QED) is 0.441. The minimum absolute atomic E-state index is 0.0647. The maximum absolute atomic E-state index is 11.9. The van der Waals surface area contributed by atoms with Crippen LogP contribution >= 0.6 is 15.9 Å². The van der Waals surface area contributed by atoms with E-state index < -0.39 is 0 Å². The van der Waals surface area contributed by atoms with Gasteiger partial charge in [-0.25, -0.2) is 0 Å². The molecule has 0 N–H and O–H groups in total. The van der Waals surface area contributed by atoms with Gasteiger partial charge in [0, 0.05) is 10.9 Å². The van der Waals surface area contributed by atoms with E-state index in [9.17, 15) is 4.79 Å². The fraction of sp³-hybridized carbons (Fsp3) is 0.158. The molecule has 0 atom stereocenters. The molecule has 0 bridgehead atoms. The summed E-state index contributed by atoms with van der Waals surface area (Å²) in [4.78, 5) is 11.9. The van der Waals surface area contributed by atoms with Crippen molar-refractivity contribution < 1.29 is 14.1 Å². The van der Waals surface area contributed by atoms with E-state index in [-0.39, 0.29) is 5.78 Å². The molecule has 24 heavy (non-hydrogen) atoms. The Labute approximate surface area is 148 Å². The SMILES string of the molecule is CC(=O)c1c(CBr)noc1-c1ccc(OCc2ccccc2)cc1. The average molecular weight is 386 g/mol. The molecule has 0 spiro atoms. The molecule has 0 aliphatic rings. The van der Waals surface area contributed by atoms with E-state index in [4.69, 9.17) is 9.26 Å². The van der Waals surface area contributed by atoms with Gasteiger partial charge in [-0.3, -0.25) is 4.79 Å². The van der Waals surface area contributed by atoms with Crippen molar-refractivity contribution in [1.29, 1.82) is 0 Å². The highest BCUT2D eigenvalue weighted by Gasteiger charge is 2.20. The van der Waals surface area contributed by atoms with Gasteiger partial charge in [-0.15, -0.1) is 0 Å². The summed E-state index contributed by atoms with van der Waals surface area (Å²) in [5.74, 6) is 1.18. The number of rotatable bonds is 6. The molecule has 0 aliphatic heterocycles. The number of benzene rings is 2. The zero-order valence-electron chi connectivity index (χ0n) is 13.2. The molecule has 0 aliphatic carbocycles. The van der Waals surface area contributed by atoms with Crippen molar-refractivity contribution in [3.05, 3.63) is 71.4 Å². The minimum Gasteiger partial charge on any atom is -0.489 e. The van der Waals surface area contributed by atoms with E-state index in [2.05, 4.69) is 21.1 Å². The van der Waals surface area contributed by atoms with Crippen LogP contribution in [0.25, 0.3) is 11.3 Å². The highest BCUT2D eigenvalue weighted by atomic mass is 79.9. The first-order chi connectivity index (χ1) is 11.7. The van der Waals surface area contributed by atoms with Crippen molar-refractivity contribution in [2.45, 2.75) is 18.9 Å². The molecule has 3 aromatic rings. The number of carbonyl (C=O) groups excluding carboxylic acids is 1. The van der Waals surface area contributed by atoms with Crippen LogP contribution in [0.5, 0.6) is 5.75 Å². The fourth-order valence-electron chi connectivity index (χ4n) is 2.42. The molecule has 0 radical (unpaired) electrons. The molecule has 0 saturated heterocycles. The van der Waals surface area contributed by atoms with Gasteiger partial charge in [-0.05, 0) is 36.8 Å². The van der Waals surface area contributed by atoms with Crippen LogP contribution in [-0.2, 0) is 11.9 Å². The molecule has 0 saturated carbocycles. The predicted molar refractivity (Wildman–Crippen MR) is 95.3 cm³/mol. The first-order valence-electron chi connectivity index (χ1n) is 7.51. The fourth-order valence-corrected chi connectivity index (χ4v) is 2.80. The molecule has 0 amide bonds. The minimum atomic E-state index is -0.0647. The monoisotopic (exact) mass is 385 g/mol. The van der Waals surface area contributed by atoms with Gasteiger partial charge in [0.05, 0.1) is 5.56 Å². The lowest BCUT2D eigenvalue weighted by molar-refractivity contribution is 0.101. The van der Waals surface area contributed by atoms with Gasteiger partial charge in [-0.2, -0.15) is 0 Å². The first kappa shape index (κ1) is 16.5. The third kappa shape index (κ3) is 3.57. The summed E-state index contributed by atoms with van der Waals surface area (Å²) in [5, 5.41) is 4.43. The third-order valence-electron chi connectivity index (χ3n) is 3.61. The summed E-state index contributed by atoms with van der Waals surface area (Å²) in [6, 6.07) is 17.4. The van der Waals surface area contributed by atoms with Gasteiger partial charge in [-0.1, -0.05) is 51.4 Å². The normalized spacial score (nSPS) is 10.6. The van der Waals surface area contributed by atoms with Gasteiger partial charge in [0.15, 0.2) is 11.5 Å². The summed E-state index contributed by atoms with van der Waals surface area (Å²) >= 11 is 3.32. The number of alkyl halides is 1. The van der Waals surface area contributed by atoms with Crippen LogP contribution in [0.1, 0.15) is 28.5 Å². The highest BCUT2D eigenvalue weighted by molar-refractivity contribution is 9.08. The van der Waals surface area contributed by atoms with Gasteiger partial charge < -0.3 is 9.26 Å². The topological polar surface area (TPSA) is 52.3 Å². The van der Waals surface area contributed by atoms with E-state index >= 15 is 0 Å². The molecular formula is C19H16BrNO3. The second-order valence-corrected chi connectivity index (χ2v) is 5.88. The lowest BCUT2D eigenvalue weighted by Crippen LogP contribution is -1.97. The van der Waals surface area contributed by atoms with Crippen LogP contribution in [0.15, 0.2) is 59.1 Å². The Hall–Kier alpha value is -2.40. The summed E-state index contributed by atoms with van der Waals surface area (Å²) in [7, 11) is 0. The summed E-state index contributed by atoms with van der Waals surface area (Å²) < 4.78 is 11.1. The molecule has 5 heteroatoms. The van der Waals surface area contributed by atoms with Gasteiger partial charge >= 0.3 is 0 Å². The molecule has 1 aromatic heterocycles. The lowest BCUT2D eigenvalue weighted by atomic mass is 10.0. The van der Waals surface area contributed by atoms with Crippen LogP contribution < -0.4 is 4.74 Å². The number of carbonyl (C=O) groups is 1. The second-order valence-electron chi connectivity index (χ2n) is 5.32. The van der Waals surface area contributed by atoms with Crippen LogP contribution in [-0.4, -0.2) is 10.9 Å². The summed E-state index contributed by atoms with van der Waals surface area (Å²) in [6.07, 6.45) is 0. The van der Waals surface area contributed by atoms with Crippen LogP contribution in [0.4, 0.5) is 0 Å². The van der Waals surface area contributed by atoms with Crippen molar-refractivity contribution >= 4 is 21.7 Å². The molecule has 3 rings (SSSR count). The van der Waals surface area contributed by atoms with Crippen molar-refractivity contribution in [1.82, 2.24) is 5.16 Å². The number of ketones is 1. The molecule has 0 fully saturated rings. The van der Waals surface area contributed by atoms with Crippen LogP contribution in [0.2, 0.25) is 0 Å². The zero-order valence-corrected chi connectivity index (χ0v) is 14.7. The maximum Gasteiger partial charge on any atom is 0.177 e. The number of hydrogen-bond acceptors (Lipinski definition) is 4. The number of aromatic nitrogens is 1. The smallest absolute Gasteiger partial charge is 0.177 e.